The summed E-state index contributed by atoms with van der Waals surface area (Å²) in [7, 11) is 0. The van der Waals surface area contributed by atoms with E-state index < -0.39 is 11.9 Å². The summed E-state index contributed by atoms with van der Waals surface area (Å²) < 4.78 is 14.4. The van der Waals surface area contributed by atoms with E-state index in [0.29, 0.717) is 29.7 Å². The van der Waals surface area contributed by atoms with Crippen LogP contribution in [0.25, 0.3) is 0 Å². The van der Waals surface area contributed by atoms with Gasteiger partial charge in [-0.2, -0.15) is 0 Å². The number of carbonyl (C=O) groups excluding carboxylic acids is 2. The van der Waals surface area contributed by atoms with E-state index in [2.05, 4.69) is 19.2 Å². The smallest absolute Gasteiger partial charge is 0.232 e. The highest BCUT2D eigenvalue weighted by Crippen LogP contribution is 2.48. The Bertz CT molecular complexity index is 1300. The van der Waals surface area contributed by atoms with Crippen LogP contribution in [0.15, 0.2) is 90.1 Å². The van der Waals surface area contributed by atoms with Gasteiger partial charge in [0.05, 0.1) is 23.8 Å². The first-order valence-electron chi connectivity index (χ1n) is 11.6. The Kier molecular flexibility index (Phi) is 5.56. The Morgan fingerprint density at radius 3 is 2.50 bits per heavy atom. The molecule has 1 aliphatic carbocycles. The normalized spacial score (nSPS) is 19.1. The number of nitrogens with one attached hydrogen (secondary N) is 1. The molecule has 3 aromatic carbocycles. The number of Topliss-reactive ketones (excluding diaryl/α,β-unsaturated/α-hetero) is 1. The molecule has 0 aromatic heterocycles. The molecule has 1 heterocycles. The number of ketones is 1. The van der Waals surface area contributed by atoms with E-state index >= 15 is 0 Å². The molecule has 172 valence electrons. The maximum absolute atomic E-state index is 14.4. The third kappa shape index (κ3) is 4.14. The van der Waals surface area contributed by atoms with Crippen LogP contribution in [0.3, 0.4) is 0 Å². The maximum Gasteiger partial charge on any atom is 0.232 e. The van der Waals surface area contributed by atoms with Crippen molar-refractivity contribution in [3.63, 3.8) is 0 Å². The molecule has 1 aliphatic heterocycles. The van der Waals surface area contributed by atoms with Crippen molar-refractivity contribution < 1.29 is 14.0 Å². The number of nitrogens with zero attached hydrogens (tertiary/aromatic N) is 1. The van der Waals surface area contributed by atoms with Crippen LogP contribution in [0.2, 0.25) is 0 Å². The van der Waals surface area contributed by atoms with Crippen molar-refractivity contribution in [2.45, 2.75) is 39.2 Å². The molecule has 0 bridgehead atoms. The summed E-state index contributed by atoms with van der Waals surface area (Å²) in [6.45, 7) is 4.14. The number of fused-ring (bicyclic) bond motifs is 1. The zero-order valence-corrected chi connectivity index (χ0v) is 19.3. The molecule has 0 saturated heterocycles. The average Bonchev–Trinajstić information content (AvgIpc) is 2.93. The number of para-hydroxylation sites is 2. The van der Waals surface area contributed by atoms with Gasteiger partial charge in [0.15, 0.2) is 5.78 Å². The van der Waals surface area contributed by atoms with Gasteiger partial charge < -0.3 is 5.32 Å². The number of amides is 1. The molecular formula is C29H27FN2O2. The predicted octanol–water partition coefficient (Wildman–Crippen LogP) is 6.21. The number of hydrogen-bond acceptors (Lipinski definition) is 3. The minimum Gasteiger partial charge on any atom is -0.357 e. The first-order valence-corrected chi connectivity index (χ1v) is 11.6. The molecule has 3 aromatic rings. The number of rotatable bonds is 3. The summed E-state index contributed by atoms with van der Waals surface area (Å²) >= 11 is 0. The number of hydrogen-bond donors (Lipinski definition) is 1. The fraction of sp³-hybridized carbons (Fsp3) is 0.241. The first-order chi connectivity index (χ1) is 16.3. The van der Waals surface area contributed by atoms with Gasteiger partial charge in [-0.1, -0.05) is 68.4 Å². The summed E-state index contributed by atoms with van der Waals surface area (Å²) in [5.74, 6) is -0.566. The van der Waals surface area contributed by atoms with Gasteiger partial charge >= 0.3 is 0 Å². The van der Waals surface area contributed by atoms with Crippen LogP contribution >= 0.6 is 0 Å². The topological polar surface area (TPSA) is 49.4 Å². The lowest BCUT2D eigenvalue weighted by molar-refractivity contribution is -0.119. The molecule has 0 spiro atoms. The van der Waals surface area contributed by atoms with Gasteiger partial charge in [-0.25, -0.2) is 4.39 Å². The zero-order chi connectivity index (χ0) is 23.9. The number of allylic oxidation sites excluding steroid dienone is 1. The van der Waals surface area contributed by atoms with Crippen molar-refractivity contribution in [3.8, 4) is 0 Å². The molecule has 2 aliphatic rings. The SMILES string of the molecule is CC1(C)CC(=O)C2=C(C1)Nc1ccccc1N(C(=O)Cc1ccccc1)C2c1cccc(F)c1. The Balaban J connectivity index is 1.73. The van der Waals surface area contributed by atoms with Crippen molar-refractivity contribution in [1.29, 1.82) is 0 Å². The Labute approximate surface area is 199 Å². The van der Waals surface area contributed by atoms with Gasteiger partial charge in [-0.15, -0.1) is 0 Å². The van der Waals surface area contributed by atoms with Crippen LogP contribution in [0.1, 0.15) is 43.9 Å². The second kappa shape index (κ2) is 8.56. The van der Waals surface area contributed by atoms with Crippen molar-refractivity contribution in [3.05, 3.63) is 107 Å². The Morgan fingerprint density at radius 1 is 1.00 bits per heavy atom. The van der Waals surface area contributed by atoms with E-state index in [4.69, 9.17) is 0 Å². The lowest BCUT2D eigenvalue weighted by Gasteiger charge is -2.37. The van der Waals surface area contributed by atoms with Gasteiger partial charge in [-0.3, -0.25) is 14.5 Å². The molecule has 5 rings (SSSR count). The molecule has 4 nitrogen and oxygen atoms in total. The molecule has 1 atom stereocenters. The lowest BCUT2D eigenvalue weighted by atomic mass is 9.73. The van der Waals surface area contributed by atoms with Crippen molar-refractivity contribution in [2.75, 3.05) is 10.2 Å². The molecule has 1 unspecified atom stereocenters. The van der Waals surface area contributed by atoms with Crippen molar-refractivity contribution in [2.24, 2.45) is 5.41 Å². The molecule has 1 amide bonds. The van der Waals surface area contributed by atoms with E-state index in [-0.39, 0.29) is 23.5 Å². The zero-order valence-electron chi connectivity index (χ0n) is 19.3. The van der Waals surface area contributed by atoms with Crippen LogP contribution in [-0.2, 0) is 16.0 Å². The minimum absolute atomic E-state index is 0.0154. The molecule has 1 N–H and O–H groups in total. The Morgan fingerprint density at radius 2 is 1.74 bits per heavy atom. The van der Waals surface area contributed by atoms with E-state index in [0.717, 1.165) is 16.9 Å². The lowest BCUT2D eigenvalue weighted by Crippen LogP contribution is -2.40. The van der Waals surface area contributed by atoms with Gasteiger partial charge in [0.2, 0.25) is 5.91 Å². The fourth-order valence-electron chi connectivity index (χ4n) is 5.11. The Hall–Kier alpha value is -3.73. The number of anilines is 2. The third-order valence-corrected chi connectivity index (χ3v) is 6.53. The predicted molar refractivity (Wildman–Crippen MR) is 132 cm³/mol. The average molecular weight is 455 g/mol. The first kappa shape index (κ1) is 22.1. The van der Waals surface area contributed by atoms with Crippen LogP contribution in [0.4, 0.5) is 15.8 Å². The monoisotopic (exact) mass is 454 g/mol. The number of benzene rings is 3. The summed E-state index contributed by atoms with van der Waals surface area (Å²) in [5, 5.41) is 3.48. The molecule has 0 fully saturated rings. The maximum atomic E-state index is 14.4. The van der Waals surface area contributed by atoms with Crippen LogP contribution in [0.5, 0.6) is 0 Å². The van der Waals surface area contributed by atoms with Crippen molar-refractivity contribution in [1.82, 2.24) is 0 Å². The molecule has 34 heavy (non-hydrogen) atoms. The molecule has 0 radical (unpaired) electrons. The third-order valence-electron chi connectivity index (χ3n) is 6.53. The van der Waals surface area contributed by atoms with Gasteiger partial charge in [0, 0.05) is 17.7 Å². The molecular weight excluding hydrogens is 427 g/mol. The van der Waals surface area contributed by atoms with E-state index in [1.165, 1.54) is 12.1 Å². The summed E-state index contributed by atoms with van der Waals surface area (Å²) in [5.41, 5.74) is 4.04. The molecule has 0 saturated carbocycles. The summed E-state index contributed by atoms with van der Waals surface area (Å²) in [6, 6.07) is 22.6. The van der Waals surface area contributed by atoms with E-state index in [1.807, 2.05) is 54.6 Å². The number of carbonyl (C=O) groups is 2. The van der Waals surface area contributed by atoms with Crippen LogP contribution < -0.4 is 10.2 Å². The van der Waals surface area contributed by atoms with Crippen LogP contribution in [-0.4, -0.2) is 11.7 Å². The van der Waals surface area contributed by atoms with E-state index in [1.54, 1.807) is 17.0 Å². The highest BCUT2D eigenvalue weighted by molar-refractivity contribution is 6.06. The highest BCUT2D eigenvalue weighted by Gasteiger charge is 2.43. The summed E-state index contributed by atoms with van der Waals surface area (Å²) in [4.78, 5) is 29.2. The summed E-state index contributed by atoms with van der Waals surface area (Å²) in [6.07, 6.45) is 1.20. The minimum atomic E-state index is -0.721. The van der Waals surface area contributed by atoms with Gasteiger partial charge in [0.1, 0.15) is 5.82 Å². The largest absolute Gasteiger partial charge is 0.357 e. The molecule has 5 heteroatoms. The fourth-order valence-corrected chi connectivity index (χ4v) is 5.11. The standard InChI is InChI=1S/C29H27FN2O2/c1-29(2)17-23-27(25(33)18-29)28(20-11-8-12-21(30)16-20)32(24-14-7-6-13-22(24)31-23)26(34)15-19-9-4-3-5-10-19/h3-14,16,28,31H,15,17-18H2,1-2H3. The second-order valence-corrected chi connectivity index (χ2v) is 9.86. The van der Waals surface area contributed by atoms with Gasteiger partial charge in [0.25, 0.3) is 0 Å². The van der Waals surface area contributed by atoms with Crippen LogP contribution in [0, 0.1) is 11.2 Å². The van der Waals surface area contributed by atoms with E-state index in [9.17, 15) is 14.0 Å². The quantitative estimate of drug-likeness (QED) is 0.512. The number of halogens is 1. The van der Waals surface area contributed by atoms with Crippen molar-refractivity contribution >= 4 is 23.1 Å². The van der Waals surface area contributed by atoms with Gasteiger partial charge in [-0.05, 0) is 47.2 Å². The highest BCUT2D eigenvalue weighted by atomic mass is 19.1. The second-order valence-electron chi connectivity index (χ2n) is 9.86.